The zero-order valence-corrected chi connectivity index (χ0v) is 19.7. The van der Waals surface area contributed by atoms with Crippen LogP contribution in [0.15, 0.2) is 41.3 Å². The van der Waals surface area contributed by atoms with Gasteiger partial charge in [-0.1, -0.05) is 73.2 Å². The Morgan fingerprint density at radius 1 is 1.17 bits per heavy atom. The van der Waals surface area contributed by atoms with Crippen molar-refractivity contribution in [3.63, 3.8) is 0 Å². The number of amides is 1. The van der Waals surface area contributed by atoms with Gasteiger partial charge < -0.3 is 14.8 Å². The summed E-state index contributed by atoms with van der Waals surface area (Å²) in [5.41, 5.74) is 1.90. The van der Waals surface area contributed by atoms with Crippen LogP contribution in [0.1, 0.15) is 37.3 Å². The molecule has 4 nitrogen and oxygen atoms in total. The lowest BCUT2D eigenvalue weighted by Gasteiger charge is -2.14. The van der Waals surface area contributed by atoms with Gasteiger partial charge in [0.15, 0.2) is 0 Å². The molecule has 3 rings (SSSR count). The minimum atomic E-state index is -0.254. The quantitative estimate of drug-likeness (QED) is 0.266. The SMILES string of the molecule is CCC(C)c1ccc(OCCOc2c(Cl)cc(Cl)cc2/C=C2\SC(=S)NC2=O)cc1. The number of halogens is 2. The molecular weight excluding hydrogens is 461 g/mol. The van der Waals surface area contributed by atoms with Gasteiger partial charge in [-0.15, -0.1) is 0 Å². The van der Waals surface area contributed by atoms with Crippen LogP contribution in [-0.2, 0) is 4.79 Å². The van der Waals surface area contributed by atoms with Crippen LogP contribution in [0.25, 0.3) is 6.08 Å². The average molecular weight is 482 g/mol. The van der Waals surface area contributed by atoms with E-state index in [0.29, 0.717) is 43.1 Å². The van der Waals surface area contributed by atoms with E-state index in [4.69, 9.17) is 44.9 Å². The second kappa shape index (κ2) is 10.5. The van der Waals surface area contributed by atoms with E-state index in [1.807, 2.05) is 12.1 Å². The molecule has 0 spiro atoms. The van der Waals surface area contributed by atoms with Crippen LogP contribution >= 0.6 is 47.2 Å². The summed E-state index contributed by atoms with van der Waals surface area (Å²) in [6, 6.07) is 11.4. The van der Waals surface area contributed by atoms with Crippen LogP contribution in [0.2, 0.25) is 10.0 Å². The topological polar surface area (TPSA) is 47.6 Å². The molecule has 30 heavy (non-hydrogen) atoms. The number of rotatable bonds is 8. The fourth-order valence-electron chi connectivity index (χ4n) is 2.83. The van der Waals surface area contributed by atoms with Crippen molar-refractivity contribution in [2.24, 2.45) is 0 Å². The fraction of sp³-hybridized carbons (Fsp3) is 0.273. The van der Waals surface area contributed by atoms with Gasteiger partial charge in [0.25, 0.3) is 5.91 Å². The molecule has 1 heterocycles. The van der Waals surface area contributed by atoms with E-state index in [9.17, 15) is 4.79 Å². The van der Waals surface area contributed by atoms with Gasteiger partial charge in [0.1, 0.15) is 29.0 Å². The molecule has 2 aromatic carbocycles. The first-order chi connectivity index (χ1) is 14.4. The molecule has 1 atom stereocenters. The zero-order valence-electron chi connectivity index (χ0n) is 16.5. The number of benzene rings is 2. The Bertz CT molecular complexity index is 977. The largest absolute Gasteiger partial charge is 0.490 e. The summed E-state index contributed by atoms with van der Waals surface area (Å²) >= 11 is 18.7. The predicted octanol–water partition coefficient (Wildman–Crippen LogP) is 6.45. The number of hydrogen-bond donors (Lipinski definition) is 1. The van der Waals surface area contributed by atoms with Crippen LogP contribution in [0, 0.1) is 0 Å². The highest BCUT2D eigenvalue weighted by Gasteiger charge is 2.23. The Morgan fingerprint density at radius 2 is 1.87 bits per heavy atom. The molecule has 158 valence electrons. The van der Waals surface area contributed by atoms with E-state index >= 15 is 0 Å². The molecule has 1 amide bonds. The molecule has 1 saturated heterocycles. The van der Waals surface area contributed by atoms with Gasteiger partial charge in [0.2, 0.25) is 0 Å². The van der Waals surface area contributed by atoms with Crippen LogP contribution in [0.5, 0.6) is 11.5 Å². The van der Waals surface area contributed by atoms with E-state index in [-0.39, 0.29) is 12.5 Å². The summed E-state index contributed by atoms with van der Waals surface area (Å²) in [5.74, 6) is 1.49. The van der Waals surface area contributed by atoms with Gasteiger partial charge in [-0.2, -0.15) is 0 Å². The lowest BCUT2D eigenvalue weighted by Crippen LogP contribution is -2.17. The third-order valence-corrected chi connectivity index (χ3v) is 6.29. The Labute approximate surface area is 195 Å². The van der Waals surface area contributed by atoms with Crippen LogP contribution in [-0.4, -0.2) is 23.4 Å². The molecule has 1 N–H and O–H groups in total. The third-order valence-electron chi connectivity index (χ3n) is 4.63. The summed E-state index contributed by atoms with van der Waals surface area (Å²) in [6.07, 6.45) is 2.77. The van der Waals surface area contributed by atoms with Crippen LogP contribution < -0.4 is 14.8 Å². The first kappa shape index (κ1) is 22.9. The number of nitrogens with one attached hydrogen (secondary N) is 1. The molecule has 0 radical (unpaired) electrons. The summed E-state index contributed by atoms with van der Waals surface area (Å²) < 4.78 is 12.0. The second-order valence-corrected chi connectivity index (χ2v) is 9.30. The monoisotopic (exact) mass is 481 g/mol. The number of hydrogen-bond acceptors (Lipinski definition) is 5. The van der Waals surface area contributed by atoms with Gasteiger partial charge in [-0.05, 0) is 48.2 Å². The van der Waals surface area contributed by atoms with Gasteiger partial charge in [-0.3, -0.25) is 4.79 Å². The standard InChI is InChI=1S/C22H21Cl2NO3S2/c1-3-13(2)14-4-6-17(7-5-14)27-8-9-28-20-15(10-16(23)12-18(20)24)11-19-21(26)25-22(29)30-19/h4-7,10-13H,3,8-9H2,1-2H3,(H,25,26,29)/b19-11-. The lowest BCUT2D eigenvalue weighted by atomic mass is 9.99. The second-order valence-electron chi connectivity index (χ2n) is 6.73. The maximum Gasteiger partial charge on any atom is 0.263 e. The van der Waals surface area contributed by atoms with E-state index in [0.717, 1.165) is 12.2 Å². The van der Waals surface area contributed by atoms with Crippen molar-refractivity contribution >= 4 is 63.5 Å². The molecule has 1 aliphatic rings. The smallest absolute Gasteiger partial charge is 0.263 e. The third kappa shape index (κ3) is 5.91. The minimum Gasteiger partial charge on any atom is -0.490 e. The maximum absolute atomic E-state index is 12.0. The molecule has 1 unspecified atom stereocenters. The van der Waals surface area contributed by atoms with E-state index in [1.54, 1.807) is 18.2 Å². The molecule has 0 bridgehead atoms. The minimum absolute atomic E-state index is 0.254. The number of carbonyl (C=O) groups is 1. The Morgan fingerprint density at radius 3 is 2.50 bits per heavy atom. The summed E-state index contributed by atoms with van der Waals surface area (Å²) in [4.78, 5) is 12.4. The first-order valence-electron chi connectivity index (χ1n) is 9.46. The first-order valence-corrected chi connectivity index (χ1v) is 11.4. The molecular formula is C22H21Cl2NO3S2. The van der Waals surface area contributed by atoms with Crippen molar-refractivity contribution in [3.8, 4) is 11.5 Å². The van der Waals surface area contributed by atoms with Crippen molar-refractivity contribution < 1.29 is 14.3 Å². The summed E-state index contributed by atoms with van der Waals surface area (Å²) in [7, 11) is 0. The van der Waals surface area contributed by atoms with Crippen molar-refractivity contribution in [3.05, 3.63) is 62.5 Å². The molecule has 0 aliphatic carbocycles. The van der Waals surface area contributed by atoms with Crippen molar-refractivity contribution in [2.75, 3.05) is 13.2 Å². The Kier molecular flexibility index (Phi) is 8.06. The van der Waals surface area contributed by atoms with E-state index in [2.05, 4.69) is 31.3 Å². The number of thioether (sulfide) groups is 1. The van der Waals surface area contributed by atoms with Crippen molar-refractivity contribution in [2.45, 2.75) is 26.2 Å². The molecule has 8 heteroatoms. The van der Waals surface area contributed by atoms with Crippen LogP contribution in [0.4, 0.5) is 0 Å². The average Bonchev–Trinajstić information content (AvgIpc) is 3.03. The van der Waals surface area contributed by atoms with Gasteiger partial charge >= 0.3 is 0 Å². The van der Waals surface area contributed by atoms with Gasteiger partial charge in [0.05, 0.1) is 9.93 Å². The number of ether oxygens (including phenoxy) is 2. The van der Waals surface area contributed by atoms with Gasteiger partial charge in [0, 0.05) is 10.6 Å². The highest BCUT2D eigenvalue weighted by molar-refractivity contribution is 8.26. The number of carbonyl (C=O) groups excluding carboxylic acids is 1. The van der Waals surface area contributed by atoms with Crippen LogP contribution in [0.3, 0.4) is 0 Å². The molecule has 0 saturated carbocycles. The molecule has 0 aromatic heterocycles. The molecule has 2 aromatic rings. The Hall–Kier alpha value is -1.73. The Balaban J connectivity index is 1.65. The normalized spacial score (nSPS) is 15.9. The lowest BCUT2D eigenvalue weighted by molar-refractivity contribution is -0.115. The van der Waals surface area contributed by atoms with Gasteiger partial charge in [-0.25, -0.2) is 0 Å². The summed E-state index contributed by atoms with van der Waals surface area (Å²) in [5, 5.41) is 3.39. The molecule has 1 aliphatic heterocycles. The van der Waals surface area contributed by atoms with Crippen molar-refractivity contribution in [1.82, 2.24) is 5.32 Å². The van der Waals surface area contributed by atoms with E-state index in [1.165, 1.54) is 17.3 Å². The highest BCUT2D eigenvalue weighted by atomic mass is 35.5. The zero-order chi connectivity index (χ0) is 21.7. The summed E-state index contributed by atoms with van der Waals surface area (Å²) in [6.45, 7) is 5.00. The highest BCUT2D eigenvalue weighted by Crippen LogP contribution is 2.36. The molecule has 1 fully saturated rings. The van der Waals surface area contributed by atoms with Crippen molar-refractivity contribution in [1.29, 1.82) is 0 Å². The fourth-order valence-corrected chi connectivity index (χ4v) is 4.43. The maximum atomic E-state index is 12.0. The number of thiocarbonyl (C=S) groups is 1. The van der Waals surface area contributed by atoms with E-state index < -0.39 is 0 Å². The predicted molar refractivity (Wildman–Crippen MR) is 129 cm³/mol.